The van der Waals surface area contributed by atoms with E-state index in [1.807, 2.05) is 36.1 Å². The normalized spacial score (nSPS) is 15.9. The maximum absolute atomic E-state index is 12.1. The van der Waals surface area contributed by atoms with Gasteiger partial charge >= 0.3 is 0 Å². The summed E-state index contributed by atoms with van der Waals surface area (Å²) in [5, 5.41) is 18.0. The van der Waals surface area contributed by atoms with E-state index >= 15 is 0 Å². The van der Waals surface area contributed by atoms with Crippen LogP contribution in [-0.4, -0.2) is 54.6 Å². The van der Waals surface area contributed by atoms with E-state index in [0.29, 0.717) is 18.9 Å². The van der Waals surface area contributed by atoms with Gasteiger partial charge in [-0.15, -0.1) is 11.3 Å². The average Bonchev–Trinajstić information content (AvgIpc) is 3.35. The fourth-order valence-corrected chi connectivity index (χ4v) is 4.23. The highest BCUT2D eigenvalue weighted by Gasteiger charge is 2.17. The van der Waals surface area contributed by atoms with E-state index in [-0.39, 0.29) is 12.5 Å². The lowest BCUT2D eigenvalue weighted by molar-refractivity contribution is -0.129. The Morgan fingerprint density at radius 3 is 2.81 bits per heavy atom. The molecule has 1 amide bonds. The minimum absolute atomic E-state index is 0.196. The summed E-state index contributed by atoms with van der Waals surface area (Å²) in [5.74, 6) is 0.827. The molecule has 3 rings (SSSR count). The van der Waals surface area contributed by atoms with Crippen LogP contribution in [0.4, 0.5) is 0 Å². The lowest BCUT2D eigenvalue weighted by Crippen LogP contribution is -2.40. The lowest BCUT2D eigenvalue weighted by atomic mass is 10.2. The highest BCUT2D eigenvalue weighted by molar-refractivity contribution is 7.19. The number of fused-ring (bicyclic) bond motifs is 1. The predicted octanol–water partition coefficient (Wildman–Crippen LogP) is 2.50. The molecule has 2 aromatic rings. The van der Waals surface area contributed by atoms with Crippen molar-refractivity contribution in [2.45, 2.75) is 32.3 Å². The number of nitrogens with one attached hydrogen (secondary N) is 2. The summed E-state index contributed by atoms with van der Waals surface area (Å²) in [6, 6.07) is 10.1. The van der Waals surface area contributed by atoms with Gasteiger partial charge in [0.1, 0.15) is 6.10 Å². The molecule has 6 nitrogen and oxygen atoms in total. The van der Waals surface area contributed by atoms with Crippen molar-refractivity contribution in [3.8, 4) is 0 Å². The number of hydrogen-bond acceptors (Lipinski definition) is 4. The van der Waals surface area contributed by atoms with Crippen molar-refractivity contribution in [3.05, 3.63) is 35.2 Å². The van der Waals surface area contributed by atoms with Crippen molar-refractivity contribution in [1.29, 1.82) is 0 Å². The number of carbonyl (C=O) groups excluding carboxylic acids is 1. The molecule has 0 spiro atoms. The monoisotopic (exact) mass is 388 g/mol. The highest BCUT2D eigenvalue weighted by atomic mass is 32.1. The summed E-state index contributed by atoms with van der Waals surface area (Å²) in [6.07, 6.45) is 2.05. The van der Waals surface area contributed by atoms with Crippen molar-refractivity contribution in [1.82, 2.24) is 15.5 Å². The van der Waals surface area contributed by atoms with Gasteiger partial charge in [0.2, 0.25) is 5.91 Å². The molecule has 146 valence electrons. The van der Waals surface area contributed by atoms with Crippen LogP contribution in [0.3, 0.4) is 0 Å². The Morgan fingerprint density at radius 1 is 1.30 bits per heavy atom. The fourth-order valence-electron chi connectivity index (χ4n) is 3.19. The molecule has 1 aromatic carbocycles. The van der Waals surface area contributed by atoms with Gasteiger partial charge in [0, 0.05) is 42.2 Å². The first kappa shape index (κ1) is 19.6. The third-order valence-electron chi connectivity index (χ3n) is 4.63. The molecule has 1 aromatic heterocycles. The molecule has 0 aliphatic carbocycles. The minimum atomic E-state index is -0.635. The Balaban J connectivity index is 1.52. The van der Waals surface area contributed by atoms with Crippen molar-refractivity contribution in [3.63, 3.8) is 0 Å². The van der Waals surface area contributed by atoms with Crippen LogP contribution >= 0.6 is 11.3 Å². The molecule has 1 aliphatic heterocycles. The zero-order chi connectivity index (χ0) is 19.1. The van der Waals surface area contributed by atoms with Crippen LogP contribution in [0, 0.1) is 0 Å². The van der Waals surface area contributed by atoms with E-state index in [0.717, 1.165) is 42.7 Å². The number of guanidine groups is 1. The quantitative estimate of drug-likeness (QED) is 0.503. The molecule has 0 radical (unpaired) electrons. The molecular weight excluding hydrogens is 360 g/mol. The summed E-state index contributed by atoms with van der Waals surface area (Å²) < 4.78 is 1.17. The number of nitrogens with zero attached hydrogens (tertiary/aromatic N) is 2. The fraction of sp³-hybridized carbons (Fsp3) is 0.500. The number of hydrogen-bond donors (Lipinski definition) is 3. The Kier molecular flexibility index (Phi) is 7.06. The third kappa shape index (κ3) is 5.43. The standard InChI is InChI=1S/C20H28N4O2S/c1-2-21-20(22-10-9-19(26)24-11-5-6-12-24)23-14-16(25)18-13-15-7-3-4-8-17(15)27-18/h3-4,7-8,13,16,25H,2,5-6,9-12,14H2,1H3,(H2,21,22,23). The maximum Gasteiger partial charge on any atom is 0.224 e. The van der Waals surface area contributed by atoms with Gasteiger partial charge in [0.05, 0.1) is 6.54 Å². The molecule has 1 aliphatic rings. The average molecular weight is 389 g/mol. The van der Waals surface area contributed by atoms with Crippen LogP contribution in [0.5, 0.6) is 0 Å². The molecule has 0 saturated carbocycles. The van der Waals surface area contributed by atoms with Gasteiger partial charge in [-0.1, -0.05) is 18.2 Å². The summed E-state index contributed by atoms with van der Waals surface area (Å²) >= 11 is 1.60. The van der Waals surface area contributed by atoms with Gasteiger partial charge in [0.25, 0.3) is 0 Å². The molecule has 0 bridgehead atoms. The predicted molar refractivity (Wildman–Crippen MR) is 111 cm³/mol. The molecular formula is C20H28N4O2S. The van der Waals surface area contributed by atoms with E-state index in [1.165, 1.54) is 4.70 Å². The Hall–Kier alpha value is -2.12. The van der Waals surface area contributed by atoms with E-state index in [4.69, 9.17) is 0 Å². The number of likely N-dealkylation sites (tertiary alicyclic amines) is 1. The molecule has 2 heterocycles. The Bertz CT molecular complexity index is 750. The highest BCUT2D eigenvalue weighted by Crippen LogP contribution is 2.29. The van der Waals surface area contributed by atoms with Gasteiger partial charge in [-0.25, -0.2) is 0 Å². The Labute approximate surface area is 164 Å². The number of carbonyl (C=O) groups is 1. The lowest BCUT2D eigenvalue weighted by Gasteiger charge is -2.16. The minimum Gasteiger partial charge on any atom is -0.386 e. The van der Waals surface area contributed by atoms with Crippen molar-refractivity contribution in [2.75, 3.05) is 32.7 Å². The second kappa shape index (κ2) is 9.71. The molecule has 1 fully saturated rings. The van der Waals surface area contributed by atoms with Gasteiger partial charge < -0.3 is 20.6 Å². The van der Waals surface area contributed by atoms with Crippen molar-refractivity contribution >= 4 is 33.3 Å². The largest absolute Gasteiger partial charge is 0.386 e. The number of thiophene rings is 1. The SMILES string of the molecule is CCNC(=NCC(O)c1cc2ccccc2s1)NCCC(=O)N1CCCC1. The number of aliphatic imine (C=N–C) groups is 1. The van der Waals surface area contributed by atoms with Gasteiger partial charge in [-0.2, -0.15) is 0 Å². The number of aliphatic hydroxyl groups is 1. The first-order valence-electron chi connectivity index (χ1n) is 9.64. The van der Waals surface area contributed by atoms with E-state index in [1.54, 1.807) is 11.3 Å². The van der Waals surface area contributed by atoms with Crippen molar-refractivity contribution in [2.24, 2.45) is 4.99 Å². The van der Waals surface area contributed by atoms with Gasteiger partial charge in [0.15, 0.2) is 5.96 Å². The maximum atomic E-state index is 12.1. The Morgan fingerprint density at radius 2 is 2.07 bits per heavy atom. The number of benzene rings is 1. The third-order valence-corrected chi connectivity index (χ3v) is 5.85. The zero-order valence-electron chi connectivity index (χ0n) is 15.8. The van der Waals surface area contributed by atoms with Gasteiger partial charge in [-0.3, -0.25) is 9.79 Å². The van der Waals surface area contributed by atoms with Crippen LogP contribution in [0.15, 0.2) is 35.3 Å². The summed E-state index contributed by atoms with van der Waals surface area (Å²) in [7, 11) is 0. The van der Waals surface area contributed by atoms with E-state index in [9.17, 15) is 9.90 Å². The van der Waals surface area contributed by atoms with Crippen LogP contribution in [0.25, 0.3) is 10.1 Å². The van der Waals surface area contributed by atoms with E-state index in [2.05, 4.69) is 21.7 Å². The van der Waals surface area contributed by atoms with Crippen LogP contribution in [-0.2, 0) is 4.79 Å². The first-order valence-corrected chi connectivity index (χ1v) is 10.5. The molecule has 1 unspecified atom stereocenters. The number of rotatable bonds is 7. The number of aliphatic hydroxyl groups excluding tert-OH is 1. The van der Waals surface area contributed by atoms with Crippen LogP contribution in [0.1, 0.15) is 37.2 Å². The first-order chi connectivity index (χ1) is 13.2. The smallest absolute Gasteiger partial charge is 0.224 e. The second-order valence-corrected chi connectivity index (χ2v) is 7.80. The number of amides is 1. The molecule has 27 heavy (non-hydrogen) atoms. The van der Waals surface area contributed by atoms with Crippen LogP contribution < -0.4 is 10.6 Å². The molecule has 7 heteroatoms. The van der Waals surface area contributed by atoms with Crippen LogP contribution in [0.2, 0.25) is 0 Å². The van der Waals surface area contributed by atoms with E-state index < -0.39 is 6.10 Å². The van der Waals surface area contributed by atoms with Gasteiger partial charge in [-0.05, 0) is 37.3 Å². The van der Waals surface area contributed by atoms with Crippen molar-refractivity contribution < 1.29 is 9.90 Å². The summed E-state index contributed by atoms with van der Waals surface area (Å²) in [5.41, 5.74) is 0. The zero-order valence-corrected chi connectivity index (χ0v) is 16.6. The summed E-state index contributed by atoms with van der Waals surface area (Å²) in [6.45, 7) is 5.31. The topological polar surface area (TPSA) is 77.0 Å². The summed E-state index contributed by atoms with van der Waals surface area (Å²) in [4.78, 5) is 19.4. The second-order valence-electron chi connectivity index (χ2n) is 6.69. The molecule has 3 N–H and O–H groups in total. The molecule has 1 atom stereocenters. The molecule has 1 saturated heterocycles.